The largest absolute Gasteiger partial charge is 0.466 e. The van der Waals surface area contributed by atoms with Crippen LogP contribution in [-0.4, -0.2) is 47.4 Å². The van der Waals surface area contributed by atoms with E-state index in [0.717, 1.165) is 51.4 Å². The first-order chi connectivity index (χ1) is 37.5. The molecule has 0 aliphatic rings. The Kier molecular flexibility index (Phi) is 63.5. The normalized spacial score (nSPS) is 12.8. The van der Waals surface area contributed by atoms with Gasteiger partial charge in [0.2, 0.25) is 5.91 Å². The number of carbonyl (C=O) groups is 2. The van der Waals surface area contributed by atoms with Crippen LogP contribution in [0.4, 0.5) is 0 Å². The molecule has 0 aromatic heterocycles. The van der Waals surface area contributed by atoms with Crippen molar-refractivity contribution in [2.24, 2.45) is 0 Å². The summed E-state index contributed by atoms with van der Waals surface area (Å²) in [6.07, 6.45) is 84.6. The number of allylic oxidation sites excluding steroid dienone is 7. The Balaban J connectivity index is 3.41. The quantitative estimate of drug-likeness (QED) is 0.0320. The van der Waals surface area contributed by atoms with Crippen LogP contribution in [0, 0.1) is 0 Å². The topological polar surface area (TPSA) is 95.9 Å². The van der Waals surface area contributed by atoms with Crippen LogP contribution in [0.1, 0.15) is 361 Å². The molecule has 6 nitrogen and oxygen atoms in total. The van der Waals surface area contributed by atoms with Crippen molar-refractivity contribution < 1.29 is 24.5 Å². The van der Waals surface area contributed by atoms with E-state index in [-0.39, 0.29) is 18.5 Å². The number of esters is 1. The summed E-state index contributed by atoms with van der Waals surface area (Å²) in [5.41, 5.74) is 0. The summed E-state index contributed by atoms with van der Waals surface area (Å²) in [5, 5.41) is 23.2. The van der Waals surface area contributed by atoms with Crippen LogP contribution in [-0.2, 0) is 14.3 Å². The van der Waals surface area contributed by atoms with E-state index < -0.39 is 12.1 Å². The number of hydrogen-bond donors (Lipinski definition) is 3. The zero-order valence-corrected chi connectivity index (χ0v) is 51.0. The molecule has 2 unspecified atom stereocenters. The SMILES string of the molecule is CCCCCC/C=C\C/C=C\CCCCCCCC(=O)OCCCCCCCCCCCCCC/C=C\CCCCCCCCCCCCCC(=O)NC(CO)C(O)/C=C/CCCCCCCCCCCCCCCC. The van der Waals surface area contributed by atoms with Crippen LogP contribution < -0.4 is 5.32 Å². The fourth-order valence-corrected chi connectivity index (χ4v) is 10.4. The minimum atomic E-state index is -0.846. The van der Waals surface area contributed by atoms with Crippen molar-refractivity contribution in [3.8, 4) is 0 Å². The first-order valence-corrected chi connectivity index (χ1v) is 33.9. The monoisotopic (exact) mass is 1070 g/mol. The van der Waals surface area contributed by atoms with Crippen molar-refractivity contribution in [1.82, 2.24) is 5.32 Å². The van der Waals surface area contributed by atoms with Gasteiger partial charge in [-0.3, -0.25) is 9.59 Å². The van der Waals surface area contributed by atoms with Gasteiger partial charge in [-0.25, -0.2) is 0 Å². The highest BCUT2D eigenvalue weighted by atomic mass is 16.5. The fourth-order valence-electron chi connectivity index (χ4n) is 10.4. The predicted octanol–water partition coefficient (Wildman–Crippen LogP) is 21.7. The highest BCUT2D eigenvalue weighted by Gasteiger charge is 2.18. The first-order valence-electron chi connectivity index (χ1n) is 33.9. The Bertz CT molecular complexity index is 1270. The predicted molar refractivity (Wildman–Crippen MR) is 333 cm³/mol. The Labute approximate surface area is 474 Å². The van der Waals surface area contributed by atoms with Crippen LogP contribution in [0.2, 0.25) is 0 Å². The number of unbranched alkanes of at least 4 members (excludes halogenated alkanes) is 46. The van der Waals surface area contributed by atoms with Crippen LogP contribution in [0.15, 0.2) is 48.6 Å². The molecule has 2 atom stereocenters. The lowest BCUT2D eigenvalue weighted by molar-refractivity contribution is -0.143. The molecule has 0 spiro atoms. The lowest BCUT2D eigenvalue weighted by Crippen LogP contribution is -2.45. The Morgan fingerprint density at radius 2 is 0.658 bits per heavy atom. The van der Waals surface area contributed by atoms with E-state index in [2.05, 4.69) is 55.6 Å². The van der Waals surface area contributed by atoms with Crippen LogP contribution in [0.3, 0.4) is 0 Å². The van der Waals surface area contributed by atoms with Crippen LogP contribution in [0.25, 0.3) is 0 Å². The van der Waals surface area contributed by atoms with Crippen LogP contribution >= 0.6 is 0 Å². The summed E-state index contributed by atoms with van der Waals surface area (Å²) in [4.78, 5) is 24.6. The second-order valence-electron chi connectivity index (χ2n) is 23.1. The van der Waals surface area contributed by atoms with Crippen LogP contribution in [0.5, 0.6) is 0 Å². The smallest absolute Gasteiger partial charge is 0.305 e. The lowest BCUT2D eigenvalue weighted by Gasteiger charge is -2.20. The molecule has 3 N–H and O–H groups in total. The van der Waals surface area contributed by atoms with E-state index in [0.29, 0.717) is 19.4 Å². The molecule has 0 fully saturated rings. The molecule has 0 aromatic carbocycles. The molecular weight excluding hydrogens is 935 g/mol. The second kappa shape index (κ2) is 65.3. The first kappa shape index (κ1) is 73.8. The number of nitrogens with one attached hydrogen (secondary N) is 1. The molecule has 6 heteroatoms. The molecule has 1 amide bonds. The molecule has 0 aliphatic heterocycles. The Hall–Kier alpha value is -2.18. The maximum Gasteiger partial charge on any atom is 0.305 e. The number of amides is 1. The van der Waals surface area contributed by atoms with Crippen molar-refractivity contribution in [1.29, 1.82) is 0 Å². The number of aliphatic hydroxyl groups excluding tert-OH is 2. The van der Waals surface area contributed by atoms with Crippen molar-refractivity contribution in [2.45, 2.75) is 373 Å². The third-order valence-corrected chi connectivity index (χ3v) is 15.6. The molecule has 0 aromatic rings. The van der Waals surface area contributed by atoms with Gasteiger partial charge in [-0.1, -0.05) is 306 Å². The number of hydrogen-bond acceptors (Lipinski definition) is 5. The summed E-state index contributed by atoms with van der Waals surface area (Å²) in [7, 11) is 0. The molecular formula is C70H131NO5. The molecule has 0 aliphatic carbocycles. The summed E-state index contributed by atoms with van der Waals surface area (Å²) in [5.74, 6) is -0.0661. The van der Waals surface area contributed by atoms with Gasteiger partial charge in [-0.15, -0.1) is 0 Å². The van der Waals surface area contributed by atoms with Gasteiger partial charge in [0.05, 0.1) is 25.4 Å². The maximum absolute atomic E-state index is 12.5. The average molecular weight is 1070 g/mol. The van der Waals surface area contributed by atoms with Crippen molar-refractivity contribution >= 4 is 11.9 Å². The van der Waals surface area contributed by atoms with E-state index >= 15 is 0 Å². The summed E-state index contributed by atoms with van der Waals surface area (Å²) in [6, 6.07) is -0.629. The molecule has 446 valence electrons. The van der Waals surface area contributed by atoms with E-state index in [4.69, 9.17) is 4.74 Å². The Morgan fingerprint density at radius 1 is 0.368 bits per heavy atom. The van der Waals surface area contributed by atoms with Crippen molar-refractivity contribution in [3.63, 3.8) is 0 Å². The number of aliphatic hydroxyl groups is 2. The zero-order valence-electron chi connectivity index (χ0n) is 51.0. The van der Waals surface area contributed by atoms with Crippen molar-refractivity contribution in [2.75, 3.05) is 13.2 Å². The van der Waals surface area contributed by atoms with Gasteiger partial charge in [-0.05, 0) is 89.9 Å². The standard InChI is InChI=1S/C70H131NO5/c1-3-5-7-9-11-13-15-17-19-34-38-42-46-50-54-58-62-68(73)67(66-72)71-69(74)63-59-55-51-47-43-39-35-32-30-28-26-24-22-21-23-25-27-29-31-33-37-41-45-49-53-57-61-65-76-70(75)64-60-56-52-48-44-40-36-20-18-16-14-12-10-8-6-4-2/h14,16,20-22,36,58,62,67-68,72-73H,3-13,15,17-19,23-35,37-57,59-61,63-66H2,1-2H3,(H,71,74)/b16-14-,22-21-,36-20-,62-58+. The minimum Gasteiger partial charge on any atom is -0.466 e. The minimum absolute atomic E-state index is 0.00121. The molecule has 0 saturated carbocycles. The third kappa shape index (κ3) is 61.0. The molecule has 0 bridgehead atoms. The number of carbonyl (C=O) groups excluding carboxylic acids is 2. The highest BCUT2D eigenvalue weighted by Crippen LogP contribution is 2.17. The fraction of sp³-hybridized carbons (Fsp3) is 0.857. The number of rotatable bonds is 63. The van der Waals surface area contributed by atoms with Gasteiger partial charge in [0.15, 0.2) is 0 Å². The van der Waals surface area contributed by atoms with Gasteiger partial charge < -0.3 is 20.3 Å². The number of ether oxygens (including phenoxy) is 1. The van der Waals surface area contributed by atoms with Gasteiger partial charge in [0, 0.05) is 12.8 Å². The molecule has 0 radical (unpaired) electrons. The van der Waals surface area contributed by atoms with Gasteiger partial charge in [0.25, 0.3) is 0 Å². The lowest BCUT2D eigenvalue weighted by atomic mass is 10.0. The zero-order chi connectivity index (χ0) is 55.0. The summed E-state index contributed by atoms with van der Waals surface area (Å²) >= 11 is 0. The van der Waals surface area contributed by atoms with E-state index in [1.54, 1.807) is 6.08 Å². The highest BCUT2D eigenvalue weighted by molar-refractivity contribution is 5.76. The second-order valence-corrected chi connectivity index (χ2v) is 23.1. The average Bonchev–Trinajstić information content (AvgIpc) is 3.42. The third-order valence-electron chi connectivity index (χ3n) is 15.6. The Morgan fingerprint density at radius 3 is 1.03 bits per heavy atom. The molecule has 76 heavy (non-hydrogen) atoms. The molecule has 0 rings (SSSR count). The maximum atomic E-state index is 12.5. The van der Waals surface area contributed by atoms with Gasteiger partial charge in [-0.2, -0.15) is 0 Å². The molecule has 0 saturated heterocycles. The van der Waals surface area contributed by atoms with E-state index in [1.807, 2.05) is 6.08 Å². The van der Waals surface area contributed by atoms with Crippen molar-refractivity contribution in [3.05, 3.63) is 48.6 Å². The van der Waals surface area contributed by atoms with E-state index in [1.165, 1.54) is 283 Å². The summed E-state index contributed by atoms with van der Waals surface area (Å²) < 4.78 is 5.49. The van der Waals surface area contributed by atoms with E-state index in [9.17, 15) is 19.8 Å². The summed E-state index contributed by atoms with van der Waals surface area (Å²) in [6.45, 7) is 4.90. The molecule has 0 heterocycles. The van der Waals surface area contributed by atoms with Gasteiger partial charge in [0.1, 0.15) is 0 Å². The van der Waals surface area contributed by atoms with Gasteiger partial charge >= 0.3 is 5.97 Å².